The number of thiophene rings is 1. The number of esters is 2. The molecule has 1 N–H and O–H groups in total. The summed E-state index contributed by atoms with van der Waals surface area (Å²) in [6.45, 7) is 8.58. The van der Waals surface area contributed by atoms with Crippen LogP contribution in [-0.2, 0) is 20.8 Å². The van der Waals surface area contributed by atoms with E-state index in [1.54, 1.807) is 17.4 Å². The van der Waals surface area contributed by atoms with Crippen LogP contribution in [0, 0.1) is 0 Å². The minimum absolute atomic E-state index is 0.0339. The molecule has 0 radical (unpaired) electrons. The van der Waals surface area contributed by atoms with Crippen molar-refractivity contribution in [3.8, 4) is 11.4 Å². The maximum Gasteiger partial charge on any atom is 0.337 e. The lowest BCUT2D eigenvalue weighted by Gasteiger charge is -2.10. The molecule has 0 aliphatic carbocycles. The van der Waals surface area contributed by atoms with E-state index in [4.69, 9.17) is 9.47 Å². The van der Waals surface area contributed by atoms with Crippen LogP contribution in [0.15, 0.2) is 47.5 Å². The van der Waals surface area contributed by atoms with Gasteiger partial charge in [0.2, 0.25) is 5.91 Å². The summed E-state index contributed by atoms with van der Waals surface area (Å²) < 4.78 is 11.4. The van der Waals surface area contributed by atoms with Crippen molar-refractivity contribution in [2.75, 3.05) is 25.3 Å². The number of ether oxygens (including phenoxy) is 2. The molecule has 0 fully saturated rings. The highest BCUT2D eigenvalue weighted by Gasteiger charge is 2.18. The summed E-state index contributed by atoms with van der Waals surface area (Å²) >= 11 is 2.90. The molecule has 2 aromatic heterocycles. The van der Waals surface area contributed by atoms with Crippen molar-refractivity contribution in [2.24, 2.45) is 0 Å². The van der Waals surface area contributed by atoms with Crippen LogP contribution in [0.2, 0.25) is 0 Å². The number of aromatic nitrogens is 3. The van der Waals surface area contributed by atoms with E-state index in [9.17, 15) is 14.4 Å². The molecule has 2 heterocycles. The zero-order valence-corrected chi connectivity index (χ0v) is 21.5. The highest BCUT2D eigenvalue weighted by Crippen LogP contribution is 2.31. The number of carbonyl (C=O) groups excluding carboxylic acids is 3. The Kier molecular flexibility index (Phi) is 8.83. The van der Waals surface area contributed by atoms with Crippen LogP contribution in [0.4, 0.5) is 5.69 Å². The Morgan fingerprint density at radius 1 is 1.11 bits per heavy atom. The van der Waals surface area contributed by atoms with Crippen molar-refractivity contribution < 1.29 is 23.9 Å². The summed E-state index contributed by atoms with van der Waals surface area (Å²) in [4.78, 5) is 37.9. The standard InChI is InChI=1S/C24H26N4O5S2/c1-6-7-28-21(17-11-19(14(2)3)34-12-17)26-27-24(28)35-13-20(29)25-18-9-15(22(30)32-4)8-16(10-18)23(31)33-5/h6,8-12,14H,1,7,13H2,2-5H3,(H,25,29). The lowest BCUT2D eigenvalue weighted by molar-refractivity contribution is -0.113. The zero-order chi connectivity index (χ0) is 25.5. The quantitative estimate of drug-likeness (QED) is 0.237. The van der Waals surface area contributed by atoms with Crippen LogP contribution in [0.1, 0.15) is 45.4 Å². The zero-order valence-electron chi connectivity index (χ0n) is 19.9. The fourth-order valence-electron chi connectivity index (χ4n) is 3.17. The smallest absolute Gasteiger partial charge is 0.337 e. The van der Waals surface area contributed by atoms with Crippen LogP contribution in [0.25, 0.3) is 11.4 Å². The van der Waals surface area contributed by atoms with Crippen molar-refractivity contribution in [3.63, 3.8) is 0 Å². The molecule has 184 valence electrons. The van der Waals surface area contributed by atoms with Crippen LogP contribution >= 0.6 is 23.1 Å². The first-order valence-electron chi connectivity index (χ1n) is 10.6. The maximum absolute atomic E-state index is 12.7. The third-order valence-electron chi connectivity index (χ3n) is 4.87. The third kappa shape index (κ3) is 6.37. The SMILES string of the molecule is C=CCn1c(SCC(=O)Nc2cc(C(=O)OC)cc(C(=O)OC)c2)nnc1-c1csc(C(C)C)c1. The maximum atomic E-state index is 12.7. The van der Waals surface area contributed by atoms with Gasteiger partial charge in [-0.1, -0.05) is 31.7 Å². The third-order valence-corrected chi connectivity index (χ3v) is 7.07. The average molecular weight is 515 g/mol. The van der Waals surface area contributed by atoms with Crippen molar-refractivity contribution >= 4 is 46.6 Å². The first-order chi connectivity index (χ1) is 16.8. The number of benzene rings is 1. The summed E-state index contributed by atoms with van der Waals surface area (Å²) in [7, 11) is 2.46. The second kappa shape index (κ2) is 11.8. The summed E-state index contributed by atoms with van der Waals surface area (Å²) in [5.74, 6) is -0.463. The van der Waals surface area contributed by atoms with Gasteiger partial charge in [0.05, 0.1) is 31.1 Å². The Morgan fingerprint density at radius 3 is 2.31 bits per heavy atom. The van der Waals surface area contributed by atoms with Crippen molar-refractivity contribution in [1.82, 2.24) is 14.8 Å². The molecule has 0 saturated carbocycles. The van der Waals surface area contributed by atoms with Gasteiger partial charge in [0.25, 0.3) is 0 Å². The van der Waals surface area contributed by atoms with E-state index in [1.165, 1.54) is 49.1 Å². The van der Waals surface area contributed by atoms with Crippen molar-refractivity contribution in [1.29, 1.82) is 0 Å². The number of methoxy groups -OCH3 is 2. The number of hydrogen-bond acceptors (Lipinski definition) is 9. The summed E-state index contributed by atoms with van der Waals surface area (Å²) in [5, 5.41) is 13.9. The van der Waals surface area contributed by atoms with Crippen LogP contribution < -0.4 is 5.32 Å². The summed E-state index contributed by atoms with van der Waals surface area (Å²) in [5.41, 5.74) is 1.47. The minimum atomic E-state index is -0.639. The van der Waals surface area contributed by atoms with Crippen LogP contribution in [0.5, 0.6) is 0 Å². The van der Waals surface area contributed by atoms with Gasteiger partial charge in [-0.05, 0) is 30.2 Å². The van der Waals surface area contributed by atoms with Crippen molar-refractivity contribution in [2.45, 2.75) is 31.5 Å². The van der Waals surface area contributed by atoms with Gasteiger partial charge in [0, 0.05) is 28.1 Å². The second-order valence-electron chi connectivity index (χ2n) is 7.72. The molecule has 3 aromatic rings. The molecule has 0 aliphatic rings. The molecule has 1 amide bonds. The van der Waals surface area contributed by atoms with Gasteiger partial charge in [0.1, 0.15) is 0 Å². The molecule has 0 spiro atoms. The van der Waals surface area contributed by atoms with Gasteiger partial charge in [-0.2, -0.15) is 0 Å². The fourth-order valence-corrected chi connectivity index (χ4v) is 4.83. The molecule has 0 aliphatic heterocycles. The summed E-state index contributed by atoms with van der Waals surface area (Å²) in [6.07, 6.45) is 1.75. The molecular formula is C24H26N4O5S2. The monoisotopic (exact) mass is 514 g/mol. The Hall–Kier alpha value is -3.44. The molecule has 11 heteroatoms. The van der Waals surface area contributed by atoms with Crippen molar-refractivity contribution in [3.05, 3.63) is 58.3 Å². The Bertz CT molecular complexity index is 1210. The number of rotatable bonds is 10. The molecule has 0 atom stereocenters. The predicted molar refractivity (Wildman–Crippen MR) is 136 cm³/mol. The summed E-state index contributed by atoms with van der Waals surface area (Å²) in [6, 6.07) is 6.31. The molecule has 1 aromatic carbocycles. The highest BCUT2D eigenvalue weighted by molar-refractivity contribution is 7.99. The van der Waals surface area contributed by atoms with E-state index < -0.39 is 11.9 Å². The van der Waals surface area contributed by atoms with Gasteiger partial charge < -0.3 is 14.8 Å². The normalized spacial score (nSPS) is 10.8. The number of hydrogen-bond donors (Lipinski definition) is 1. The second-order valence-corrected chi connectivity index (χ2v) is 9.60. The molecule has 0 saturated heterocycles. The predicted octanol–water partition coefficient (Wildman–Crippen LogP) is 4.62. The van der Waals surface area contributed by atoms with Gasteiger partial charge in [-0.25, -0.2) is 9.59 Å². The molecular weight excluding hydrogens is 488 g/mol. The van der Waals surface area contributed by atoms with E-state index >= 15 is 0 Å². The lowest BCUT2D eigenvalue weighted by atomic mass is 10.1. The van der Waals surface area contributed by atoms with E-state index in [-0.39, 0.29) is 28.5 Å². The number of thioether (sulfide) groups is 1. The highest BCUT2D eigenvalue weighted by atomic mass is 32.2. The molecule has 0 unspecified atom stereocenters. The topological polar surface area (TPSA) is 112 Å². The minimum Gasteiger partial charge on any atom is -0.465 e. The van der Waals surface area contributed by atoms with E-state index in [0.29, 0.717) is 23.4 Å². The fraction of sp³-hybridized carbons (Fsp3) is 0.292. The number of anilines is 1. The first kappa shape index (κ1) is 26.2. The van der Waals surface area contributed by atoms with Gasteiger partial charge >= 0.3 is 11.9 Å². The Morgan fingerprint density at radius 2 is 1.77 bits per heavy atom. The number of nitrogens with one attached hydrogen (secondary N) is 1. The Labute approximate surface area is 211 Å². The molecule has 9 nitrogen and oxygen atoms in total. The van der Waals surface area contributed by atoms with E-state index in [0.717, 1.165) is 5.56 Å². The Balaban J connectivity index is 1.76. The number of amides is 1. The van der Waals surface area contributed by atoms with Gasteiger partial charge in [0.15, 0.2) is 11.0 Å². The lowest BCUT2D eigenvalue weighted by Crippen LogP contribution is -2.16. The molecule has 35 heavy (non-hydrogen) atoms. The number of carbonyl (C=O) groups is 3. The van der Waals surface area contributed by atoms with Gasteiger partial charge in [-0.3, -0.25) is 9.36 Å². The van der Waals surface area contributed by atoms with Gasteiger partial charge in [-0.15, -0.1) is 28.1 Å². The largest absolute Gasteiger partial charge is 0.465 e. The molecule has 3 rings (SSSR count). The number of nitrogens with zero attached hydrogens (tertiary/aromatic N) is 3. The molecule has 0 bridgehead atoms. The van der Waals surface area contributed by atoms with Crippen LogP contribution in [0.3, 0.4) is 0 Å². The van der Waals surface area contributed by atoms with Crippen LogP contribution in [-0.4, -0.2) is 52.6 Å². The number of allylic oxidation sites excluding steroid dienone is 1. The van der Waals surface area contributed by atoms with E-state index in [1.807, 2.05) is 9.95 Å². The average Bonchev–Trinajstić information content (AvgIpc) is 3.49. The van der Waals surface area contributed by atoms with E-state index in [2.05, 4.69) is 42.0 Å². The first-order valence-corrected chi connectivity index (χ1v) is 12.5.